The first-order chi connectivity index (χ1) is 15.4. The number of hydrogen-bond donors (Lipinski definition) is 2. The van der Waals surface area contributed by atoms with Crippen molar-refractivity contribution in [3.05, 3.63) is 46.1 Å². The van der Waals surface area contributed by atoms with Crippen LogP contribution in [0.5, 0.6) is 0 Å². The van der Waals surface area contributed by atoms with Gasteiger partial charge in [-0.2, -0.15) is 18.3 Å². The average Bonchev–Trinajstić information content (AvgIpc) is 3.34. The number of anilines is 1. The van der Waals surface area contributed by atoms with Crippen molar-refractivity contribution in [3.8, 4) is 0 Å². The summed E-state index contributed by atoms with van der Waals surface area (Å²) in [4.78, 5) is 23.7. The molecule has 0 aliphatic carbocycles. The molecule has 13 heteroatoms. The van der Waals surface area contributed by atoms with E-state index in [-0.39, 0.29) is 25.5 Å². The molecule has 0 aromatic carbocycles. The highest BCUT2D eigenvalue weighted by Crippen LogP contribution is 2.33. The van der Waals surface area contributed by atoms with Crippen LogP contribution in [0.15, 0.2) is 29.5 Å². The number of carbonyl (C=O) groups is 1. The van der Waals surface area contributed by atoms with E-state index in [1.807, 2.05) is 0 Å². The largest absolute Gasteiger partial charge is 0.478 e. The lowest BCUT2D eigenvalue weighted by Gasteiger charge is -2.23. The van der Waals surface area contributed by atoms with Gasteiger partial charge in [-0.25, -0.2) is 9.48 Å². The monoisotopic (exact) mass is 488 g/mol. The van der Waals surface area contributed by atoms with E-state index < -0.39 is 49.1 Å². The molecule has 0 spiro atoms. The van der Waals surface area contributed by atoms with Crippen LogP contribution in [0.3, 0.4) is 0 Å². The van der Waals surface area contributed by atoms with Gasteiger partial charge in [-0.15, -0.1) is 0 Å². The Labute approximate surface area is 189 Å². The molecule has 1 saturated heterocycles. The Hall–Kier alpha value is -2.64. The van der Waals surface area contributed by atoms with Crippen LogP contribution < -0.4 is 10.9 Å². The number of aromatic nitrogens is 3. The molecule has 3 heterocycles. The predicted molar refractivity (Wildman–Crippen MR) is 116 cm³/mol. The number of alkyl halides is 3. The third-order valence-corrected chi connectivity index (χ3v) is 6.98. The van der Waals surface area contributed by atoms with E-state index >= 15 is 0 Å². The molecule has 2 unspecified atom stereocenters. The second kappa shape index (κ2) is 9.69. The molecule has 0 saturated carbocycles. The summed E-state index contributed by atoms with van der Waals surface area (Å²) in [7, 11) is -1.39. The van der Waals surface area contributed by atoms with Gasteiger partial charge in [-0.05, 0) is 12.1 Å². The van der Waals surface area contributed by atoms with Gasteiger partial charge in [0.2, 0.25) is 0 Å². The molecule has 0 bridgehead atoms. The SMILES string of the molecule is C[Si](C)(C)CCOCn1ncc(NC2COCC2n2ccc(C(=O)O)c2)c(C(F)(F)F)c1=O. The first-order valence-corrected chi connectivity index (χ1v) is 14.1. The van der Waals surface area contributed by atoms with Gasteiger partial charge >= 0.3 is 12.1 Å². The van der Waals surface area contributed by atoms with Crippen LogP contribution in [0, 0.1) is 0 Å². The minimum absolute atomic E-state index is 0.0509. The number of carboxylic acids is 1. The molecule has 33 heavy (non-hydrogen) atoms. The predicted octanol–water partition coefficient (Wildman–Crippen LogP) is 3.13. The van der Waals surface area contributed by atoms with Gasteiger partial charge in [0.25, 0.3) is 5.56 Å². The lowest BCUT2D eigenvalue weighted by Crippen LogP contribution is -2.36. The first-order valence-electron chi connectivity index (χ1n) is 10.4. The van der Waals surface area contributed by atoms with Gasteiger partial charge in [-0.3, -0.25) is 4.79 Å². The molecule has 0 radical (unpaired) electrons. The van der Waals surface area contributed by atoms with Crippen LogP contribution in [0.1, 0.15) is 22.0 Å². The van der Waals surface area contributed by atoms with Crippen LogP contribution >= 0.6 is 0 Å². The Balaban J connectivity index is 1.81. The summed E-state index contributed by atoms with van der Waals surface area (Å²) >= 11 is 0. The molecule has 1 fully saturated rings. The highest BCUT2D eigenvalue weighted by Gasteiger charge is 2.40. The molecular weight excluding hydrogens is 461 g/mol. The van der Waals surface area contributed by atoms with E-state index in [1.165, 1.54) is 18.5 Å². The first kappa shape index (κ1) is 25.0. The highest BCUT2D eigenvalue weighted by molar-refractivity contribution is 6.76. The van der Waals surface area contributed by atoms with Crippen LogP contribution in [0.25, 0.3) is 0 Å². The molecule has 9 nitrogen and oxygen atoms in total. The Morgan fingerprint density at radius 1 is 1.36 bits per heavy atom. The van der Waals surface area contributed by atoms with E-state index in [2.05, 4.69) is 30.1 Å². The smallest absolute Gasteiger partial charge is 0.423 e. The van der Waals surface area contributed by atoms with Gasteiger partial charge < -0.3 is 24.5 Å². The van der Waals surface area contributed by atoms with Gasteiger partial charge in [0.1, 0.15) is 12.3 Å². The molecule has 182 valence electrons. The molecule has 1 aliphatic heterocycles. The topological polar surface area (TPSA) is 108 Å². The fourth-order valence-electron chi connectivity index (χ4n) is 3.41. The number of aromatic carboxylic acids is 1. The molecule has 2 N–H and O–H groups in total. The van der Waals surface area contributed by atoms with E-state index in [0.717, 1.165) is 12.2 Å². The number of halogens is 3. The highest BCUT2D eigenvalue weighted by atomic mass is 28.3. The second-order valence-electron chi connectivity index (χ2n) is 9.09. The third kappa shape index (κ3) is 6.24. The molecule has 1 aliphatic rings. The molecule has 2 aromatic rings. The van der Waals surface area contributed by atoms with Crippen molar-refractivity contribution in [2.45, 2.75) is 50.7 Å². The van der Waals surface area contributed by atoms with E-state index in [4.69, 9.17) is 14.6 Å². The Morgan fingerprint density at radius 3 is 2.70 bits per heavy atom. The summed E-state index contributed by atoms with van der Waals surface area (Å²) < 4.78 is 54.4. The lowest BCUT2D eigenvalue weighted by atomic mass is 10.1. The van der Waals surface area contributed by atoms with Gasteiger partial charge in [0.15, 0.2) is 0 Å². The molecule has 3 rings (SSSR count). The van der Waals surface area contributed by atoms with Crippen molar-refractivity contribution in [1.29, 1.82) is 0 Å². The zero-order valence-electron chi connectivity index (χ0n) is 18.6. The summed E-state index contributed by atoms with van der Waals surface area (Å²) in [6.45, 7) is 6.62. The number of ether oxygens (including phenoxy) is 2. The fraction of sp³-hybridized carbons (Fsp3) is 0.550. The van der Waals surface area contributed by atoms with Crippen molar-refractivity contribution in [2.24, 2.45) is 0 Å². The van der Waals surface area contributed by atoms with Crippen LogP contribution in [-0.2, 0) is 22.4 Å². The zero-order chi connectivity index (χ0) is 24.4. The van der Waals surface area contributed by atoms with Gasteiger partial charge in [0, 0.05) is 27.1 Å². The van der Waals surface area contributed by atoms with Crippen molar-refractivity contribution in [2.75, 3.05) is 25.1 Å². The molecule has 2 aromatic heterocycles. The summed E-state index contributed by atoms with van der Waals surface area (Å²) in [5.74, 6) is -1.11. The fourth-order valence-corrected chi connectivity index (χ4v) is 4.17. The normalized spacial score (nSPS) is 19.1. The number of nitrogens with one attached hydrogen (secondary N) is 1. The van der Waals surface area contributed by atoms with E-state index in [9.17, 15) is 22.8 Å². The lowest BCUT2D eigenvalue weighted by molar-refractivity contribution is -0.138. The van der Waals surface area contributed by atoms with Crippen molar-refractivity contribution in [3.63, 3.8) is 0 Å². The zero-order valence-corrected chi connectivity index (χ0v) is 19.6. The maximum absolute atomic E-state index is 13.8. The van der Waals surface area contributed by atoms with Crippen molar-refractivity contribution >= 4 is 19.7 Å². The van der Waals surface area contributed by atoms with E-state index in [0.29, 0.717) is 11.3 Å². The number of hydrogen-bond acceptors (Lipinski definition) is 6. The van der Waals surface area contributed by atoms with Crippen molar-refractivity contribution < 1.29 is 32.5 Å². The summed E-state index contributed by atoms with van der Waals surface area (Å²) in [5, 5.41) is 15.7. The standard InChI is InChI=1S/C20H27F3N4O5Si/c1-33(2,3)7-6-31-12-27-18(28)17(20(21,22)23)14(8-24-27)25-15-10-32-11-16(15)26-5-4-13(9-26)19(29)30/h4-5,8-9,15-16,25H,6-7,10-12H2,1-3H3,(H,29,30). The third-order valence-electron chi connectivity index (χ3n) is 5.27. The Kier molecular flexibility index (Phi) is 7.34. The number of carboxylic acid groups (broad SMARTS) is 1. The number of rotatable bonds is 9. The maximum atomic E-state index is 13.8. The van der Waals surface area contributed by atoms with Crippen molar-refractivity contribution in [1.82, 2.24) is 14.3 Å². The van der Waals surface area contributed by atoms with Crippen LogP contribution in [-0.4, -0.2) is 59.4 Å². The summed E-state index contributed by atoms with van der Waals surface area (Å²) in [6, 6.07) is 1.10. The molecule has 2 atom stereocenters. The van der Waals surface area contributed by atoms with E-state index in [1.54, 1.807) is 4.57 Å². The van der Waals surface area contributed by atoms with Crippen LogP contribution in [0.2, 0.25) is 25.7 Å². The Morgan fingerprint density at radius 2 is 2.09 bits per heavy atom. The van der Waals surface area contributed by atoms with Crippen LogP contribution in [0.4, 0.5) is 18.9 Å². The van der Waals surface area contributed by atoms with Gasteiger partial charge in [0.05, 0.1) is 42.7 Å². The average molecular weight is 489 g/mol. The van der Waals surface area contributed by atoms with Gasteiger partial charge in [-0.1, -0.05) is 19.6 Å². The quantitative estimate of drug-likeness (QED) is 0.412. The number of nitrogens with zero attached hydrogens (tertiary/aromatic N) is 3. The second-order valence-corrected chi connectivity index (χ2v) is 14.7. The minimum atomic E-state index is -4.92. The Bertz CT molecular complexity index is 1050. The molecular formula is C20H27F3N4O5Si. The summed E-state index contributed by atoms with van der Waals surface area (Å²) in [6.07, 6.45) is -1.05. The maximum Gasteiger partial charge on any atom is 0.423 e. The summed E-state index contributed by atoms with van der Waals surface area (Å²) in [5.41, 5.74) is -3.08. The minimum Gasteiger partial charge on any atom is -0.478 e. The molecule has 0 amide bonds.